The summed E-state index contributed by atoms with van der Waals surface area (Å²) in [5, 5.41) is 2.63. The molecule has 26 heavy (non-hydrogen) atoms. The smallest absolute Gasteiger partial charge is 0.324 e. The lowest BCUT2D eigenvalue weighted by molar-refractivity contribution is -0.131. The van der Waals surface area contributed by atoms with Gasteiger partial charge in [0.05, 0.1) is 18.8 Å². The normalized spacial score (nSPS) is 20.8. The van der Waals surface area contributed by atoms with Crippen LogP contribution in [0.4, 0.5) is 4.79 Å². The van der Waals surface area contributed by atoms with Crippen molar-refractivity contribution in [2.75, 3.05) is 39.3 Å². The molecule has 0 spiro atoms. The Balaban J connectivity index is 1.55. The minimum Gasteiger partial charge on any atom is -0.370 e. The summed E-state index contributed by atoms with van der Waals surface area (Å²) in [6.07, 6.45) is 2.35. The van der Waals surface area contributed by atoms with Crippen LogP contribution in [-0.4, -0.2) is 72.0 Å². The molecule has 0 bridgehead atoms. The molecule has 2 aliphatic rings. The van der Waals surface area contributed by atoms with Crippen LogP contribution in [0.2, 0.25) is 0 Å². The van der Waals surface area contributed by atoms with Gasteiger partial charge in [-0.05, 0) is 18.1 Å². The number of amides is 4. The van der Waals surface area contributed by atoms with Gasteiger partial charge in [-0.15, -0.1) is 0 Å². The molecular weight excluding hydrogens is 338 g/mol. The summed E-state index contributed by atoms with van der Waals surface area (Å²) in [6, 6.07) is 3.46. The highest BCUT2D eigenvalue weighted by Crippen LogP contribution is 2.21. The standard InChI is InChI=1S/C17H23N5O4/c18-15(23)4-2-12-1-3-13(20-9-12)14-10-21(7-8-26-14)11-16(24)22-6-5-19-17(22)25/h1,3,9,14H,2,4-8,10-11H2,(H2,18,23)(H,19,25). The number of nitrogens with two attached hydrogens (primary N) is 1. The van der Waals surface area contributed by atoms with Gasteiger partial charge in [-0.25, -0.2) is 4.79 Å². The minimum atomic E-state index is -0.336. The number of urea groups is 1. The predicted molar refractivity (Wildman–Crippen MR) is 92.0 cm³/mol. The van der Waals surface area contributed by atoms with Crippen molar-refractivity contribution in [1.29, 1.82) is 0 Å². The van der Waals surface area contributed by atoms with Gasteiger partial charge in [0.15, 0.2) is 0 Å². The van der Waals surface area contributed by atoms with Gasteiger partial charge in [0.1, 0.15) is 6.10 Å². The molecule has 0 radical (unpaired) electrons. The zero-order chi connectivity index (χ0) is 18.5. The van der Waals surface area contributed by atoms with Crippen molar-refractivity contribution in [2.24, 2.45) is 5.73 Å². The van der Waals surface area contributed by atoms with Gasteiger partial charge in [0, 0.05) is 38.8 Å². The Labute approximate surface area is 151 Å². The average Bonchev–Trinajstić information content (AvgIpc) is 3.07. The second-order valence-electron chi connectivity index (χ2n) is 6.43. The number of nitrogens with one attached hydrogen (secondary N) is 1. The van der Waals surface area contributed by atoms with Crippen LogP contribution < -0.4 is 11.1 Å². The molecule has 0 saturated carbocycles. The lowest BCUT2D eigenvalue weighted by Gasteiger charge is -2.32. The Hall–Kier alpha value is -2.52. The van der Waals surface area contributed by atoms with E-state index in [0.29, 0.717) is 45.6 Å². The number of hydrogen-bond acceptors (Lipinski definition) is 6. The summed E-state index contributed by atoms with van der Waals surface area (Å²) in [6.45, 7) is 2.77. The summed E-state index contributed by atoms with van der Waals surface area (Å²) >= 11 is 0. The van der Waals surface area contributed by atoms with Crippen LogP contribution in [0, 0.1) is 0 Å². The number of carbonyl (C=O) groups excluding carboxylic acids is 3. The molecule has 1 unspecified atom stereocenters. The molecule has 0 aliphatic carbocycles. The monoisotopic (exact) mass is 361 g/mol. The van der Waals surface area contributed by atoms with E-state index < -0.39 is 0 Å². The molecule has 3 N–H and O–H groups in total. The van der Waals surface area contributed by atoms with Crippen molar-refractivity contribution < 1.29 is 19.1 Å². The van der Waals surface area contributed by atoms with E-state index in [2.05, 4.69) is 10.3 Å². The number of aryl methyl sites for hydroxylation is 1. The van der Waals surface area contributed by atoms with Crippen molar-refractivity contribution in [3.05, 3.63) is 29.6 Å². The van der Waals surface area contributed by atoms with Crippen LogP contribution in [0.15, 0.2) is 18.3 Å². The number of ether oxygens (including phenoxy) is 1. The van der Waals surface area contributed by atoms with Crippen molar-refractivity contribution in [3.8, 4) is 0 Å². The first kappa shape index (κ1) is 18.3. The third kappa shape index (κ3) is 4.55. The fourth-order valence-corrected chi connectivity index (χ4v) is 3.05. The molecule has 3 heterocycles. The lowest BCUT2D eigenvalue weighted by atomic mass is 10.1. The van der Waals surface area contributed by atoms with E-state index in [1.165, 1.54) is 4.90 Å². The maximum atomic E-state index is 12.3. The summed E-state index contributed by atoms with van der Waals surface area (Å²) in [4.78, 5) is 42.3. The average molecular weight is 361 g/mol. The Kier molecular flexibility index (Phi) is 5.79. The molecular formula is C17H23N5O4. The number of imide groups is 1. The number of primary amides is 1. The van der Waals surface area contributed by atoms with Crippen molar-refractivity contribution in [2.45, 2.75) is 18.9 Å². The van der Waals surface area contributed by atoms with Crippen LogP contribution in [0.1, 0.15) is 23.8 Å². The summed E-state index contributed by atoms with van der Waals surface area (Å²) in [5.41, 5.74) is 6.88. The van der Waals surface area contributed by atoms with Crippen molar-refractivity contribution in [3.63, 3.8) is 0 Å². The number of aromatic nitrogens is 1. The molecule has 2 fully saturated rings. The van der Waals surface area contributed by atoms with E-state index in [-0.39, 0.29) is 30.5 Å². The first-order valence-corrected chi connectivity index (χ1v) is 8.68. The largest absolute Gasteiger partial charge is 0.370 e. The van der Waals surface area contributed by atoms with Crippen LogP contribution in [0.25, 0.3) is 0 Å². The molecule has 9 nitrogen and oxygen atoms in total. The molecule has 1 aromatic rings. The number of rotatable bonds is 6. The highest BCUT2D eigenvalue weighted by molar-refractivity contribution is 5.96. The Bertz CT molecular complexity index is 678. The zero-order valence-electron chi connectivity index (χ0n) is 14.5. The fourth-order valence-electron chi connectivity index (χ4n) is 3.05. The minimum absolute atomic E-state index is 0.184. The molecule has 2 aliphatic heterocycles. The van der Waals surface area contributed by atoms with Gasteiger partial charge in [-0.3, -0.25) is 24.4 Å². The first-order chi connectivity index (χ1) is 12.5. The van der Waals surface area contributed by atoms with Gasteiger partial charge >= 0.3 is 6.03 Å². The van der Waals surface area contributed by atoms with Gasteiger partial charge < -0.3 is 15.8 Å². The fraction of sp³-hybridized carbons (Fsp3) is 0.529. The van der Waals surface area contributed by atoms with E-state index in [4.69, 9.17) is 10.5 Å². The summed E-state index contributed by atoms with van der Waals surface area (Å²) in [7, 11) is 0. The molecule has 2 saturated heterocycles. The van der Waals surface area contributed by atoms with Crippen LogP contribution in [-0.2, 0) is 20.7 Å². The molecule has 4 amide bonds. The first-order valence-electron chi connectivity index (χ1n) is 8.68. The Morgan fingerprint density at radius 3 is 2.85 bits per heavy atom. The highest BCUT2D eigenvalue weighted by Gasteiger charge is 2.30. The second kappa shape index (κ2) is 8.24. The topological polar surface area (TPSA) is 118 Å². The van der Waals surface area contributed by atoms with Crippen molar-refractivity contribution >= 4 is 17.8 Å². The van der Waals surface area contributed by atoms with E-state index in [1.807, 2.05) is 17.0 Å². The molecule has 9 heteroatoms. The molecule has 1 atom stereocenters. The second-order valence-corrected chi connectivity index (χ2v) is 6.43. The zero-order valence-corrected chi connectivity index (χ0v) is 14.5. The van der Waals surface area contributed by atoms with Gasteiger partial charge in [-0.1, -0.05) is 6.07 Å². The Morgan fingerprint density at radius 1 is 1.35 bits per heavy atom. The third-order valence-corrected chi connectivity index (χ3v) is 4.50. The van der Waals surface area contributed by atoms with Crippen molar-refractivity contribution in [1.82, 2.24) is 20.1 Å². The summed E-state index contributed by atoms with van der Waals surface area (Å²) < 4.78 is 5.78. The number of hydrogen-bond donors (Lipinski definition) is 2. The van der Waals surface area contributed by atoms with Crippen LogP contribution in [0.5, 0.6) is 0 Å². The van der Waals surface area contributed by atoms with E-state index in [0.717, 1.165) is 11.3 Å². The lowest BCUT2D eigenvalue weighted by Crippen LogP contribution is -2.46. The maximum absolute atomic E-state index is 12.3. The van der Waals surface area contributed by atoms with Gasteiger partial charge in [0.2, 0.25) is 11.8 Å². The third-order valence-electron chi connectivity index (χ3n) is 4.50. The number of carbonyl (C=O) groups is 3. The highest BCUT2D eigenvalue weighted by atomic mass is 16.5. The number of pyridine rings is 1. The van der Waals surface area contributed by atoms with Gasteiger partial charge in [0.25, 0.3) is 0 Å². The Morgan fingerprint density at radius 2 is 2.19 bits per heavy atom. The molecule has 0 aromatic carbocycles. The van der Waals surface area contributed by atoms with E-state index in [9.17, 15) is 14.4 Å². The number of nitrogens with zero attached hydrogens (tertiary/aromatic N) is 3. The number of morpholine rings is 1. The molecule has 1 aromatic heterocycles. The summed E-state index contributed by atoms with van der Waals surface area (Å²) in [5.74, 6) is -0.535. The SMILES string of the molecule is NC(=O)CCc1ccc(C2CN(CC(=O)N3CCNC3=O)CCO2)nc1. The molecule has 140 valence electrons. The quantitative estimate of drug-likeness (QED) is 0.700. The van der Waals surface area contributed by atoms with Crippen LogP contribution in [0.3, 0.4) is 0 Å². The van der Waals surface area contributed by atoms with Crippen LogP contribution >= 0.6 is 0 Å². The van der Waals surface area contributed by atoms with Gasteiger partial charge in [-0.2, -0.15) is 0 Å². The molecule has 3 rings (SSSR count). The maximum Gasteiger partial charge on any atom is 0.324 e. The van der Waals surface area contributed by atoms with E-state index >= 15 is 0 Å². The predicted octanol–water partition coefficient (Wildman–Crippen LogP) is -0.575. The van der Waals surface area contributed by atoms with E-state index in [1.54, 1.807) is 6.20 Å².